The zero-order chi connectivity index (χ0) is 19.5. The number of allylic oxidation sites excluding steroid dienone is 1. The van der Waals surface area contributed by atoms with Crippen LogP contribution in [0.3, 0.4) is 0 Å². The predicted molar refractivity (Wildman–Crippen MR) is 117 cm³/mol. The van der Waals surface area contributed by atoms with E-state index >= 15 is 0 Å². The van der Waals surface area contributed by atoms with E-state index in [1.165, 1.54) is 37.9 Å². The second-order valence-electron chi connectivity index (χ2n) is 7.55. The summed E-state index contributed by atoms with van der Waals surface area (Å²) < 4.78 is 0. The van der Waals surface area contributed by atoms with Gasteiger partial charge in [0.25, 0.3) is 0 Å². The average molecular weight is 374 g/mol. The van der Waals surface area contributed by atoms with Crippen LogP contribution in [-0.2, 0) is 6.54 Å². The number of hydrogen-bond acceptors (Lipinski definition) is 4. The lowest BCUT2D eigenvalue weighted by atomic mass is 9.92. The van der Waals surface area contributed by atoms with E-state index in [1.807, 2.05) is 12.3 Å². The summed E-state index contributed by atoms with van der Waals surface area (Å²) in [5.74, 6) is 0.231. The lowest BCUT2D eigenvalue weighted by Crippen LogP contribution is -2.29. The number of benzene rings is 2. The number of fused-ring (bicyclic) bond motifs is 1. The Morgan fingerprint density at radius 2 is 1.71 bits per heavy atom. The number of aromatic hydroxyl groups is 1. The molecule has 3 N–H and O–H groups in total. The third kappa shape index (κ3) is 3.97. The van der Waals surface area contributed by atoms with Gasteiger partial charge in [0.1, 0.15) is 5.75 Å². The molecule has 2 aliphatic rings. The molecule has 0 aromatic heterocycles. The molecule has 0 amide bonds. The normalized spacial score (nSPS) is 18.6. The Morgan fingerprint density at radius 3 is 2.46 bits per heavy atom. The third-order valence-electron chi connectivity index (χ3n) is 5.44. The zero-order valence-electron chi connectivity index (χ0n) is 16.2. The van der Waals surface area contributed by atoms with Crippen LogP contribution in [0.4, 0.5) is 5.69 Å². The fourth-order valence-corrected chi connectivity index (χ4v) is 3.90. The average Bonchev–Trinajstić information content (AvgIpc) is 2.69. The van der Waals surface area contributed by atoms with E-state index in [9.17, 15) is 5.11 Å². The van der Waals surface area contributed by atoms with Crippen molar-refractivity contribution in [2.24, 2.45) is 0 Å². The van der Waals surface area contributed by atoms with E-state index in [4.69, 9.17) is 0 Å². The third-order valence-corrected chi connectivity index (χ3v) is 5.44. The minimum absolute atomic E-state index is 0.231. The molecule has 4 rings (SSSR count). The summed E-state index contributed by atoms with van der Waals surface area (Å²) in [6.45, 7) is 11.6. The van der Waals surface area contributed by atoms with Gasteiger partial charge in [-0.15, -0.1) is 0 Å². The van der Waals surface area contributed by atoms with E-state index in [0.29, 0.717) is 0 Å². The Balaban J connectivity index is 1.49. The molecule has 0 radical (unpaired) electrons. The van der Waals surface area contributed by atoms with Crippen molar-refractivity contribution in [2.45, 2.75) is 25.8 Å². The molecule has 2 aromatic carbocycles. The van der Waals surface area contributed by atoms with Crippen molar-refractivity contribution < 1.29 is 5.11 Å². The summed E-state index contributed by atoms with van der Waals surface area (Å²) in [6, 6.07) is 13.9. The standard InChI is InChI=1S/C24H27N3O/c1-17-22-11-10-21(28)14-23(22)24(18(2)26-17)15-25-20-8-6-19(7-9-20)16-27-12-4-3-5-13-27/h6-11,14-15,25-26,28H,1-5,12-13,16H2/b24-15+. The summed E-state index contributed by atoms with van der Waals surface area (Å²) in [4.78, 5) is 2.53. The first-order valence-corrected chi connectivity index (χ1v) is 9.87. The summed E-state index contributed by atoms with van der Waals surface area (Å²) >= 11 is 0. The van der Waals surface area contributed by atoms with Crippen LogP contribution in [0.15, 0.2) is 67.5 Å². The first kappa shape index (κ1) is 18.4. The molecular weight excluding hydrogens is 346 g/mol. The fraction of sp³-hybridized carbons (Fsp3) is 0.250. The number of phenols is 1. The minimum atomic E-state index is 0.231. The molecule has 1 saturated heterocycles. The van der Waals surface area contributed by atoms with Crippen LogP contribution in [0, 0.1) is 0 Å². The van der Waals surface area contributed by atoms with Gasteiger partial charge in [-0.2, -0.15) is 0 Å². The van der Waals surface area contributed by atoms with Crippen LogP contribution in [-0.4, -0.2) is 23.1 Å². The van der Waals surface area contributed by atoms with Crippen molar-refractivity contribution in [3.63, 3.8) is 0 Å². The fourth-order valence-electron chi connectivity index (χ4n) is 3.90. The van der Waals surface area contributed by atoms with Gasteiger partial charge in [0.2, 0.25) is 0 Å². The minimum Gasteiger partial charge on any atom is -0.508 e. The van der Waals surface area contributed by atoms with E-state index < -0.39 is 0 Å². The molecule has 0 spiro atoms. The van der Waals surface area contributed by atoms with Crippen LogP contribution >= 0.6 is 0 Å². The second-order valence-corrected chi connectivity index (χ2v) is 7.55. The van der Waals surface area contributed by atoms with Crippen molar-refractivity contribution in [1.82, 2.24) is 10.2 Å². The van der Waals surface area contributed by atoms with Gasteiger partial charge in [-0.05, 0) is 67.4 Å². The van der Waals surface area contributed by atoms with Crippen LogP contribution < -0.4 is 10.6 Å². The van der Waals surface area contributed by atoms with Crippen LogP contribution in [0.2, 0.25) is 0 Å². The van der Waals surface area contributed by atoms with Crippen LogP contribution in [0.25, 0.3) is 11.3 Å². The lowest BCUT2D eigenvalue weighted by Gasteiger charge is -2.26. The van der Waals surface area contributed by atoms with Crippen molar-refractivity contribution in [2.75, 3.05) is 18.4 Å². The smallest absolute Gasteiger partial charge is 0.116 e. The van der Waals surface area contributed by atoms with Crippen molar-refractivity contribution in [1.29, 1.82) is 0 Å². The van der Waals surface area contributed by atoms with Gasteiger partial charge in [-0.25, -0.2) is 0 Å². The molecule has 144 valence electrons. The lowest BCUT2D eigenvalue weighted by molar-refractivity contribution is 0.221. The molecule has 0 bridgehead atoms. The highest BCUT2D eigenvalue weighted by Gasteiger charge is 2.20. The van der Waals surface area contributed by atoms with Gasteiger partial charge in [0, 0.05) is 41.0 Å². The molecule has 0 atom stereocenters. The molecule has 0 unspecified atom stereocenters. The monoisotopic (exact) mass is 373 g/mol. The first-order valence-electron chi connectivity index (χ1n) is 9.87. The Hall–Kier alpha value is -2.98. The van der Waals surface area contributed by atoms with Crippen molar-refractivity contribution >= 4 is 17.0 Å². The van der Waals surface area contributed by atoms with E-state index in [1.54, 1.807) is 12.1 Å². The molecule has 1 fully saturated rings. The molecule has 0 aliphatic carbocycles. The van der Waals surface area contributed by atoms with Crippen molar-refractivity contribution in [3.8, 4) is 5.75 Å². The highest BCUT2D eigenvalue weighted by Crippen LogP contribution is 2.35. The number of rotatable bonds is 4. The van der Waals surface area contributed by atoms with Gasteiger partial charge in [0.05, 0.1) is 0 Å². The van der Waals surface area contributed by atoms with Gasteiger partial charge in [-0.1, -0.05) is 31.7 Å². The number of likely N-dealkylation sites (tertiary alicyclic amines) is 1. The molecular formula is C24H27N3O. The van der Waals surface area contributed by atoms with E-state index in [-0.39, 0.29) is 5.75 Å². The van der Waals surface area contributed by atoms with Gasteiger partial charge < -0.3 is 15.7 Å². The molecule has 2 aromatic rings. The van der Waals surface area contributed by atoms with Gasteiger partial charge in [0.15, 0.2) is 0 Å². The van der Waals surface area contributed by atoms with Gasteiger partial charge >= 0.3 is 0 Å². The zero-order valence-corrected chi connectivity index (χ0v) is 16.2. The maximum absolute atomic E-state index is 9.90. The number of nitrogens with zero attached hydrogens (tertiary/aromatic N) is 1. The second kappa shape index (κ2) is 7.95. The number of phenolic OH excluding ortho intramolecular Hbond substituents is 1. The predicted octanol–water partition coefficient (Wildman–Crippen LogP) is 4.92. The maximum atomic E-state index is 9.90. The summed E-state index contributed by atoms with van der Waals surface area (Å²) in [5, 5.41) is 16.5. The number of hydrogen-bond donors (Lipinski definition) is 3. The SMILES string of the molecule is C=C1NC(=C)c2ccc(O)cc2/C1=C/Nc1ccc(CN2CCCCC2)cc1. The van der Waals surface area contributed by atoms with Crippen molar-refractivity contribution in [3.05, 3.63) is 84.2 Å². The number of anilines is 1. The molecule has 2 heterocycles. The molecule has 4 heteroatoms. The Labute approximate surface area is 166 Å². The Bertz CT molecular complexity index is 921. The Kier molecular flexibility index (Phi) is 5.22. The molecule has 0 saturated carbocycles. The van der Waals surface area contributed by atoms with Crippen LogP contribution in [0.1, 0.15) is 36.0 Å². The van der Waals surface area contributed by atoms with E-state index in [0.717, 1.165) is 40.3 Å². The van der Waals surface area contributed by atoms with E-state index in [2.05, 4.69) is 53.0 Å². The molecule has 4 nitrogen and oxygen atoms in total. The molecule has 28 heavy (non-hydrogen) atoms. The number of piperidine rings is 1. The van der Waals surface area contributed by atoms with Gasteiger partial charge in [-0.3, -0.25) is 4.90 Å². The quantitative estimate of drug-likeness (QED) is 0.712. The molecule has 2 aliphatic heterocycles. The highest BCUT2D eigenvalue weighted by molar-refractivity contribution is 5.92. The largest absolute Gasteiger partial charge is 0.508 e. The maximum Gasteiger partial charge on any atom is 0.116 e. The topological polar surface area (TPSA) is 47.5 Å². The summed E-state index contributed by atoms with van der Waals surface area (Å²) in [6.07, 6.45) is 5.92. The van der Waals surface area contributed by atoms with Crippen LogP contribution in [0.5, 0.6) is 5.75 Å². The summed E-state index contributed by atoms with van der Waals surface area (Å²) in [5.41, 5.74) is 6.72. The number of nitrogens with one attached hydrogen (secondary N) is 2. The Morgan fingerprint density at radius 1 is 0.964 bits per heavy atom. The first-order chi connectivity index (χ1) is 13.6. The summed E-state index contributed by atoms with van der Waals surface area (Å²) in [7, 11) is 0. The highest BCUT2D eigenvalue weighted by atomic mass is 16.3.